The second-order valence-electron chi connectivity index (χ2n) is 10.4. The zero-order valence-corrected chi connectivity index (χ0v) is 26.8. The van der Waals surface area contributed by atoms with Crippen LogP contribution in [0, 0.1) is 0 Å². The fraction of sp³-hybridized carbons (Fsp3) is 0.200. The summed E-state index contributed by atoms with van der Waals surface area (Å²) in [6.45, 7) is 3.70. The summed E-state index contributed by atoms with van der Waals surface area (Å²) in [6, 6.07) is 21.9. The van der Waals surface area contributed by atoms with E-state index in [-0.39, 0.29) is 12.2 Å². The van der Waals surface area contributed by atoms with Crippen molar-refractivity contribution in [1.29, 1.82) is 0 Å². The molecule has 0 N–H and O–H groups in total. The lowest BCUT2D eigenvalue weighted by Crippen LogP contribution is -2.39. The molecule has 0 bridgehead atoms. The largest absolute Gasteiger partial charge is 0.497 e. The number of methoxy groups -OCH3 is 3. The molecule has 234 valence electrons. The van der Waals surface area contributed by atoms with Crippen molar-refractivity contribution < 1.29 is 23.7 Å². The van der Waals surface area contributed by atoms with Crippen LogP contribution in [0.15, 0.2) is 100 Å². The third-order valence-electron chi connectivity index (χ3n) is 7.66. The van der Waals surface area contributed by atoms with Crippen molar-refractivity contribution in [1.82, 2.24) is 14.3 Å². The van der Waals surface area contributed by atoms with Gasteiger partial charge < -0.3 is 18.9 Å². The molecule has 0 radical (unpaired) electrons. The van der Waals surface area contributed by atoms with Gasteiger partial charge in [-0.05, 0) is 68.0 Å². The third-order valence-corrected chi connectivity index (χ3v) is 8.64. The molecule has 0 spiro atoms. The molecular weight excluding hydrogens is 604 g/mol. The van der Waals surface area contributed by atoms with Crippen LogP contribution in [0.25, 0.3) is 23.0 Å². The lowest BCUT2D eigenvalue weighted by atomic mass is 9.96. The van der Waals surface area contributed by atoms with E-state index in [1.54, 1.807) is 56.6 Å². The van der Waals surface area contributed by atoms with Gasteiger partial charge in [-0.15, -0.1) is 0 Å². The maximum absolute atomic E-state index is 14.3. The van der Waals surface area contributed by atoms with Crippen molar-refractivity contribution in [2.24, 2.45) is 4.99 Å². The fourth-order valence-corrected chi connectivity index (χ4v) is 6.49. The van der Waals surface area contributed by atoms with E-state index >= 15 is 0 Å². The zero-order valence-electron chi connectivity index (χ0n) is 26.0. The molecule has 1 aliphatic heterocycles. The van der Waals surface area contributed by atoms with Crippen LogP contribution >= 0.6 is 11.3 Å². The summed E-state index contributed by atoms with van der Waals surface area (Å²) in [5.41, 5.74) is 4.25. The Hall–Kier alpha value is -5.42. The lowest BCUT2D eigenvalue weighted by Gasteiger charge is -2.24. The Morgan fingerprint density at radius 2 is 1.70 bits per heavy atom. The molecule has 0 saturated heterocycles. The molecular formula is C35H32N4O6S. The number of ether oxygens (including phenoxy) is 4. The predicted molar refractivity (Wildman–Crippen MR) is 175 cm³/mol. The monoisotopic (exact) mass is 636 g/mol. The number of thiazole rings is 1. The summed E-state index contributed by atoms with van der Waals surface area (Å²) < 4.78 is 25.5. The van der Waals surface area contributed by atoms with Crippen molar-refractivity contribution >= 4 is 23.4 Å². The number of esters is 1. The number of para-hydroxylation sites is 1. The summed E-state index contributed by atoms with van der Waals surface area (Å²) in [7, 11) is 4.75. The van der Waals surface area contributed by atoms with Gasteiger partial charge in [0.2, 0.25) is 0 Å². The van der Waals surface area contributed by atoms with Gasteiger partial charge in [0.05, 0.1) is 55.5 Å². The van der Waals surface area contributed by atoms with Crippen LogP contribution in [-0.2, 0) is 9.53 Å². The Kier molecular flexibility index (Phi) is 8.58. The zero-order chi connectivity index (χ0) is 32.4. The Morgan fingerprint density at radius 3 is 2.37 bits per heavy atom. The first-order valence-electron chi connectivity index (χ1n) is 14.6. The first kappa shape index (κ1) is 30.6. The smallest absolute Gasteiger partial charge is 0.338 e. The minimum atomic E-state index is -0.735. The summed E-state index contributed by atoms with van der Waals surface area (Å²) in [5, 5.41) is 4.92. The van der Waals surface area contributed by atoms with Crippen LogP contribution in [0.1, 0.15) is 31.0 Å². The van der Waals surface area contributed by atoms with Gasteiger partial charge >= 0.3 is 5.97 Å². The highest BCUT2D eigenvalue weighted by Crippen LogP contribution is 2.34. The molecule has 1 unspecified atom stereocenters. The molecule has 0 fully saturated rings. The van der Waals surface area contributed by atoms with Gasteiger partial charge in [0, 0.05) is 17.3 Å². The van der Waals surface area contributed by atoms with Crippen molar-refractivity contribution in [3.8, 4) is 34.2 Å². The van der Waals surface area contributed by atoms with Crippen molar-refractivity contribution in [3.63, 3.8) is 0 Å². The normalized spacial score (nSPS) is 14.5. The molecule has 0 saturated carbocycles. The Balaban J connectivity index is 1.56. The van der Waals surface area contributed by atoms with E-state index in [0.29, 0.717) is 49.1 Å². The molecule has 0 amide bonds. The van der Waals surface area contributed by atoms with E-state index < -0.39 is 12.0 Å². The van der Waals surface area contributed by atoms with E-state index in [1.165, 1.54) is 11.3 Å². The van der Waals surface area contributed by atoms with Crippen LogP contribution < -0.4 is 29.1 Å². The number of aromatic nitrogens is 3. The van der Waals surface area contributed by atoms with E-state index in [4.69, 9.17) is 29.0 Å². The molecule has 6 rings (SSSR count). The minimum Gasteiger partial charge on any atom is -0.497 e. The summed E-state index contributed by atoms with van der Waals surface area (Å²) in [5.74, 6) is 1.29. The van der Waals surface area contributed by atoms with Gasteiger partial charge in [-0.25, -0.2) is 14.5 Å². The molecule has 0 aliphatic carbocycles. The lowest BCUT2D eigenvalue weighted by molar-refractivity contribution is -0.139. The van der Waals surface area contributed by atoms with Crippen molar-refractivity contribution in [3.05, 3.63) is 121 Å². The minimum absolute atomic E-state index is 0.194. The highest BCUT2D eigenvalue weighted by Gasteiger charge is 2.33. The van der Waals surface area contributed by atoms with Gasteiger partial charge in [0.25, 0.3) is 5.56 Å². The topological polar surface area (TPSA) is 106 Å². The van der Waals surface area contributed by atoms with Crippen LogP contribution in [0.4, 0.5) is 0 Å². The predicted octanol–water partition coefficient (Wildman–Crippen LogP) is 4.68. The van der Waals surface area contributed by atoms with Gasteiger partial charge in [-0.1, -0.05) is 41.7 Å². The number of fused-ring (bicyclic) bond motifs is 1. The second kappa shape index (κ2) is 12.9. The highest BCUT2D eigenvalue weighted by molar-refractivity contribution is 7.07. The van der Waals surface area contributed by atoms with Gasteiger partial charge in [0.15, 0.2) is 16.3 Å². The summed E-state index contributed by atoms with van der Waals surface area (Å²) in [4.78, 5) is 32.7. The van der Waals surface area contributed by atoms with Crippen LogP contribution in [0.3, 0.4) is 0 Å². The number of rotatable bonds is 9. The molecule has 3 aromatic carbocycles. The first-order valence-corrected chi connectivity index (χ1v) is 15.4. The maximum Gasteiger partial charge on any atom is 0.338 e. The van der Waals surface area contributed by atoms with Gasteiger partial charge in [0.1, 0.15) is 11.4 Å². The van der Waals surface area contributed by atoms with Crippen molar-refractivity contribution in [2.75, 3.05) is 27.9 Å². The number of carbonyl (C=O) groups excluding carboxylic acids is 1. The molecule has 5 aromatic rings. The van der Waals surface area contributed by atoms with E-state index in [2.05, 4.69) is 0 Å². The van der Waals surface area contributed by atoms with Crippen LogP contribution in [0.2, 0.25) is 0 Å². The van der Waals surface area contributed by atoms with E-state index in [9.17, 15) is 9.59 Å². The van der Waals surface area contributed by atoms with E-state index in [1.807, 2.05) is 72.9 Å². The molecule has 3 heterocycles. The van der Waals surface area contributed by atoms with Gasteiger partial charge in [-0.2, -0.15) is 5.10 Å². The second-order valence-corrected chi connectivity index (χ2v) is 11.4. The van der Waals surface area contributed by atoms with Crippen LogP contribution in [0.5, 0.6) is 17.2 Å². The Morgan fingerprint density at radius 1 is 0.957 bits per heavy atom. The van der Waals surface area contributed by atoms with E-state index in [0.717, 1.165) is 16.8 Å². The number of nitrogens with zero attached hydrogens (tertiary/aromatic N) is 4. The number of allylic oxidation sites excluding steroid dienone is 1. The fourth-order valence-electron chi connectivity index (χ4n) is 5.45. The quantitative estimate of drug-likeness (QED) is 0.217. The Labute approximate surface area is 269 Å². The third kappa shape index (κ3) is 5.61. The summed E-state index contributed by atoms with van der Waals surface area (Å²) in [6.07, 6.45) is 3.70. The number of carbonyl (C=O) groups is 1. The average molecular weight is 637 g/mol. The number of hydrogen-bond acceptors (Lipinski definition) is 9. The summed E-state index contributed by atoms with van der Waals surface area (Å²) >= 11 is 1.25. The van der Waals surface area contributed by atoms with Crippen molar-refractivity contribution in [2.45, 2.75) is 19.9 Å². The Bertz CT molecular complexity index is 2130. The molecule has 2 aromatic heterocycles. The molecule has 46 heavy (non-hydrogen) atoms. The molecule has 11 heteroatoms. The number of benzene rings is 3. The number of hydrogen-bond donors (Lipinski definition) is 0. The van der Waals surface area contributed by atoms with Crippen LogP contribution in [-0.4, -0.2) is 48.3 Å². The molecule has 1 aliphatic rings. The molecule has 1 atom stereocenters. The SMILES string of the molecule is CCOC(=O)C1=C(C)N=c2s/c(=C\c3cn(-c4ccccc4)nc3-c3ccc(OC)c(OC)c3)c(=O)n2C1c1ccc(OC)cc1. The maximum atomic E-state index is 14.3. The van der Waals surface area contributed by atoms with Gasteiger partial charge in [-0.3, -0.25) is 9.36 Å². The highest BCUT2D eigenvalue weighted by atomic mass is 32.1. The average Bonchev–Trinajstić information content (AvgIpc) is 3.64. The first-order chi connectivity index (χ1) is 22.4. The standard InChI is InChI=1S/C35H32N4O6S/c1-6-45-34(41)30-21(2)36-35-39(32(30)22-12-15-26(42-3)16-13-22)33(40)29(46-35)19-24-20-38(25-10-8-7-9-11-25)37-31(24)23-14-17-27(43-4)28(18-23)44-5/h7-20,32H,6H2,1-5H3/b29-19-. The molecule has 10 nitrogen and oxygen atoms in total.